The van der Waals surface area contributed by atoms with Crippen molar-refractivity contribution in [3.63, 3.8) is 0 Å². The smallest absolute Gasteiger partial charge is 0.333 e. The van der Waals surface area contributed by atoms with Crippen LogP contribution in [0.25, 0.3) is 0 Å². The van der Waals surface area contributed by atoms with E-state index in [0.717, 1.165) is 0 Å². The minimum Gasteiger partial charge on any atom is -0.427 e. The first-order valence-corrected chi connectivity index (χ1v) is 11.2. The van der Waals surface area contributed by atoms with Gasteiger partial charge in [-0.15, -0.1) is 24.2 Å². The van der Waals surface area contributed by atoms with Gasteiger partial charge in [0.2, 0.25) is 18.6 Å². The normalized spacial score (nSPS) is 24.0. The zero-order valence-electron chi connectivity index (χ0n) is 19.2. The van der Waals surface area contributed by atoms with Gasteiger partial charge in [-0.3, -0.25) is 14.4 Å². The predicted molar refractivity (Wildman–Crippen MR) is 125 cm³/mol. The standard InChI is InChI=1S/C22H29N3O6S.ClH/c1-21(2,3)20(29)31-11-30-19(28)15-22(4,5)32-18-14(17(27)25(15)18)24-16(26)13(23)12-9-7-6-8-10-12;/h6-10,13-15,18H,11,23H2,1-5H3,(H,24,26);1H. The Morgan fingerprint density at radius 1 is 1.18 bits per heavy atom. The number of nitrogens with zero attached hydrogens (tertiary/aromatic N) is 1. The zero-order valence-corrected chi connectivity index (χ0v) is 20.8. The third-order valence-corrected chi connectivity index (χ3v) is 6.98. The fourth-order valence-electron chi connectivity index (χ4n) is 3.62. The Hall–Kier alpha value is -2.30. The van der Waals surface area contributed by atoms with E-state index in [-0.39, 0.29) is 18.3 Å². The Morgan fingerprint density at radius 3 is 2.36 bits per heavy atom. The molecule has 0 radical (unpaired) electrons. The van der Waals surface area contributed by atoms with E-state index in [2.05, 4.69) is 5.32 Å². The van der Waals surface area contributed by atoms with Crippen molar-refractivity contribution in [3.05, 3.63) is 35.9 Å². The Balaban J connectivity index is 0.00000385. The van der Waals surface area contributed by atoms with Gasteiger partial charge in [-0.2, -0.15) is 0 Å². The topological polar surface area (TPSA) is 128 Å². The van der Waals surface area contributed by atoms with Crippen LogP contribution in [-0.2, 0) is 28.7 Å². The van der Waals surface area contributed by atoms with Crippen molar-refractivity contribution in [2.45, 2.75) is 62.9 Å². The molecule has 0 aliphatic carbocycles. The molecule has 2 heterocycles. The number of thioether (sulfide) groups is 1. The summed E-state index contributed by atoms with van der Waals surface area (Å²) >= 11 is 1.40. The molecule has 11 heteroatoms. The first kappa shape index (κ1) is 26.9. The number of rotatable bonds is 6. The van der Waals surface area contributed by atoms with Gasteiger partial charge in [-0.25, -0.2) is 4.79 Å². The Morgan fingerprint density at radius 2 is 1.79 bits per heavy atom. The van der Waals surface area contributed by atoms with E-state index in [1.54, 1.807) is 45.0 Å². The van der Waals surface area contributed by atoms with Crippen LogP contribution in [0.5, 0.6) is 0 Å². The van der Waals surface area contributed by atoms with Crippen LogP contribution in [0.4, 0.5) is 0 Å². The summed E-state index contributed by atoms with van der Waals surface area (Å²) in [4.78, 5) is 51.4. The molecule has 33 heavy (non-hydrogen) atoms. The number of β-lactam (4-membered cyclic amide) rings is 1. The summed E-state index contributed by atoms with van der Waals surface area (Å²) in [6, 6.07) is 6.31. The minimum absolute atomic E-state index is 0. The Bertz CT molecular complexity index is 920. The maximum Gasteiger partial charge on any atom is 0.333 e. The molecule has 4 atom stereocenters. The molecule has 0 saturated carbocycles. The number of halogens is 1. The summed E-state index contributed by atoms with van der Waals surface area (Å²) < 4.78 is 9.47. The lowest BCUT2D eigenvalue weighted by molar-refractivity contribution is -0.180. The minimum atomic E-state index is -0.907. The van der Waals surface area contributed by atoms with Gasteiger partial charge in [0.25, 0.3) is 0 Å². The highest BCUT2D eigenvalue weighted by atomic mass is 35.5. The van der Waals surface area contributed by atoms with Crippen molar-refractivity contribution >= 4 is 47.9 Å². The number of benzene rings is 1. The van der Waals surface area contributed by atoms with E-state index in [1.807, 2.05) is 19.9 Å². The van der Waals surface area contributed by atoms with Crippen molar-refractivity contribution in [3.8, 4) is 0 Å². The lowest BCUT2D eigenvalue weighted by Crippen LogP contribution is -2.71. The van der Waals surface area contributed by atoms with Crippen LogP contribution in [0.2, 0.25) is 0 Å². The number of hydrogen-bond donors (Lipinski definition) is 2. The number of carbonyl (C=O) groups is 4. The highest BCUT2D eigenvalue weighted by molar-refractivity contribution is 8.01. The predicted octanol–water partition coefficient (Wildman–Crippen LogP) is 1.75. The maximum atomic E-state index is 12.8. The molecule has 0 bridgehead atoms. The summed E-state index contributed by atoms with van der Waals surface area (Å²) in [6.45, 7) is 8.20. The largest absolute Gasteiger partial charge is 0.427 e. The summed E-state index contributed by atoms with van der Waals surface area (Å²) in [5, 5.41) is 2.29. The average Bonchev–Trinajstić information content (AvgIpc) is 2.98. The lowest BCUT2D eigenvalue weighted by Gasteiger charge is -2.44. The van der Waals surface area contributed by atoms with Crippen LogP contribution in [0.3, 0.4) is 0 Å². The van der Waals surface area contributed by atoms with Crippen LogP contribution < -0.4 is 11.1 Å². The third-order valence-electron chi connectivity index (χ3n) is 5.41. The van der Waals surface area contributed by atoms with Crippen LogP contribution in [0.1, 0.15) is 46.2 Å². The van der Waals surface area contributed by atoms with E-state index < -0.39 is 58.3 Å². The van der Waals surface area contributed by atoms with Gasteiger partial charge < -0.3 is 25.4 Å². The van der Waals surface area contributed by atoms with E-state index in [4.69, 9.17) is 15.2 Å². The van der Waals surface area contributed by atoms with Gasteiger partial charge in [0.05, 0.1) is 5.41 Å². The Labute approximate surface area is 203 Å². The van der Waals surface area contributed by atoms with E-state index >= 15 is 0 Å². The number of amides is 2. The fourth-order valence-corrected chi connectivity index (χ4v) is 5.24. The molecule has 2 saturated heterocycles. The molecule has 2 aliphatic heterocycles. The van der Waals surface area contributed by atoms with Crippen molar-refractivity contribution in [1.82, 2.24) is 10.2 Å². The van der Waals surface area contributed by atoms with Crippen LogP contribution in [-0.4, -0.2) is 57.7 Å². The third kappa shape index (κ3) is 5.44. The first-order chi connectivity index (χ1) is 14.8. The molecule has 9 nitrogen and oxygen atoms in total. The number of fused-ring (bicyclic) bond motifs is 1. The first-order valence-electron chi connectivity index (χ1n) is 10.3. The molecule has 3 N–H and O–H groups in total. The monoisotopic (exact) mass is 499 g/mol. The van der Waals surface area contributed by atoms with Gasteiger partial charge in [0.1, 0.15) is 23.5 Å². The van der Waals surface area contributed by atoms with E-state index in [9.17, 15) is 19.2 Å². The second kappa shape index (κ2) is 9.90. The average molecular weight is 500 g/mol. The van der Waals surface area contributed by atoms with Gasteiger partial charge >= 0.3 is 11.9 Å². The lowest BCUT2D eigenvalue weighted by atomic mass is 9.95. The van der Waals surface area contributed by atoms with Crippen LogP contribution >= 0.6 is 24.2 Å². The molecular weight excluding hydrogens is 470 g/mol. The van der Waals surface area contributed by atoms with Gasteiger partial charge in [-0.05, 0) is 40.2 Å². The Kier molecular flexibility index (Phi) is 8.09. The van der Waals surface area contributed by atoms with Crippen LogP contribution in [0, 0.1) is 5.41 Å². The van der Waals surface area contributed by atoms with Gasteiger partial charge in [0, 0.05) is 4.75 Å². The number of nitrogens with one attached hydrogen (secondary N) is 1. The quantitative estimate of drug-likeness (QED) is 0.344. The molecule has 1 aromatic rings. The van der Waals surface area contributed by atoms with Crippen molar-refractivity contribution in [1.29, 1.82) is 0 Å². The molecule has 0 aromatic heterocycles. The summed E-state index contributed by atoms with van der Waals surface area (Å²) in [6.07, 6.45) is 0. The number of esters is 2. The van der Waals surface area contributed by atoms with Crippen molar-refractivity contribution in [2.24, 2.45) is 11.1 Å². The van der Waals surface area contributed by atoms with E-state index in [0.29, 0.717) is 5.56 Å². The molecule has 4 unspecified atom stereocenters. The summed E-state index contributed by atoms with van der Waals surface area (Å²) in [5.74, 6) is -2.00. The SMILES string of the molecule is CC(C)(C)C(=O)OCOC(=O)C1N2C(=O)C(NC(=O)C(N)c3ccccc3)C2SC1(C)C.Cl. The molecule has 0 spiro atoms. The second-order valence-corrected chi connectivity index (χ2v) is 11.2. The number of hydrogen-bond acceptors (Lipinski definition) is 8. The summed E-state index contributed by atoms with van der Waals surface area (Å²) in [5.41, 5.74) is 5.94. The molecule has 1 aromatic carbocycles. The zero-order chi connectivity index (χ0) is 23.8. The molecule has 3 rings (SSSR count). The number of carbonyl (C=O) groups excluding carboxylic acids is 4. The summed E-state index contributed by atoms with van der Waals surface area (Å²) in [7, 11) is 0. The molecule has 182 valence electrons. The van der Waals surface area contributed by atoms with Gasteiger partial charge in [0.15, 0.2) is 0 Å². The van der Waals surface area contributed by atoms with Crippen molar-refractivity contribution in [2.75, 3.05) is 6.79 Å². The van der Waals surface area contributed by atoms with E-state index in [1.165, 1.54) is 16.7 Å². The molecular formula is C22H30ClN3O6S. The molecule has 2 aliphatic rings. The fraction of sp³-hybridized carbons (Fsp3) is 0.545. The highest BCUT2D eigenvalue weighted by Gasteiger charge is 2.64. The highest BCUT2D eigenvalue weighted by Crippen LogP contribution is 2.51. The maximum absolute atomic E-state index is 12.8. The van der Waals surface area contributed by atoms with Crippen LogP contribution in [0.15, 0.2) is 30.3 Å². The molecule has 2 fully saturated rings. The number of ether oxygens (including phenoxy) is 2. The second-order valence-electron chi connectivity index (χ2n) is 9.40. The molecule has 2 amide bonds. The van der Waals surface area contributed by atoms with Gasteiger partial charge in [-0.1, -0.05) is 30.3 Å². The number of nitrogens with two attached hydrogens (primary N) is 1. The van der Waals surface area contributed by atoms with Crippen molar-refractivity contribution < 1.29 is 28.7 Å².